The molecule has 3 nitrogen and oxygen atoms in total. The van der Waals surface area contributed by atoms with Crippen LogP contribution in [0.25, 0.3) is 0 Å². The van der Waals surface area contributed by atoms with Crippen LogP contribution in [0.4, 0.5) is 0 Å². The summed E-state index contributed by atoms with van der Waals surface area (Å²) in [4.78, 5) is 3.47. The molecular formula is C14H19N3Si. The van der Waals surface area contributed by atoms with Gasteiger partial charge in [-0.2, -0.15) is 0 Å². The van der Waals surface area contributed by atoms with Crippen molar-refractivity contribution >= 4 is 18.8 Å². The fourth-order valence-electron chi connectivity index (χ4n) is 2.04. The molecule has 94 valence electrons. The summed E-state index contributed by atoms with van der Waals surface area (Å²) in [5.74, 6) is 0. The Kier molecular flexibility index (Phi) is 4.27. The summed E-state index contributed by atoms with van der Waals surface area (Å²) in [6, 6.07) is 20.5. The van der Waals surface area contributed by atoms with E-state index in [2.05, 4.69) is 29.2 Å². The molecule has 0 radical (unpaired) electrons. The van der Waals surface area contributed by atoms with Gasteiger partial charge in [0.15, 0.2) is 0 Å². The first-order chi connectivity index (χ1) is 8.77. The SMILES string of the molecule is NCCN[Si](N)(c1ccccc1)c1ccccc1. The zero-order chi connectivity index (χ0) is 12.8. The lowest BCUT2D eigenvalue weighted by atomic mass is 10.4. The van der Waals surface area contributed by atoms with E-state index in [1.165, 1.54) is 10.4 Å². The standard InChI is InChI=1S/C14H19N3Si/c15-11-12-17-18(16,13-7-3-1-4-8-13)14-9-5-2-6-10-14/h1-10,17H,11-12,15-16H2. The van der Waals surface area contributed by atoms with Gasteiger partial charge in [-0.3, -0.25) is 0 Å². The minimum Gasteiger partial charge on any atom is -0.332 e. The molecular weight excluding hydrogens is 238 g/mol. The van der Waals surface area contributed by atoms with Crippen molar-refractivity contribution in [2.75, 3.05) is 13.1 Å². The van der Waals surface area contributed by atoms with Gasteiger partial charge in [0.2, 0.25) is 0 Å². The van der Waals surface area contributed by atoms with Gasteiger partial charge in [0, 0.05) is 13.1 Å². The summed E-state index contributed by atoms with van der Waals surface area (Å²) in [6.07, 6.45) is 0. The third-order valence-electron chi connectivity index (χ3n) is 3.01. The Hall–Kier alpha value is -1.46. The Balaban J connectivity index is 2.41. The summed E-state index contributed by atoms with van der Waals surface area (Å²) in [6.45, 7) is 1.32. The highest BCUT2D eigenvalue weighted by Gasteiger charge is 2.32. The van der Waals surface area contributed by atoms with Crippen molar-refractivity contribution in [2.24, 2.45) is 11.1 Å². The second kappa shape index (κ2) is 5.93. The van der Waals surface area contributed by atoms with Crippen LogP contribution in [0.3, 0.4) is 0 Å². The van der Waals surface area contributed by atoms with Gasteiger partial charge in [-0.1, -0.05) is 60.7 Å². The highest BCUT2D eigenvalue weighted by Crippen LogP contribution is 1.96. The van der Waals surface area contributed by atoms with Gasteiger partial charge < -0.3 is 16.1 Å². The van der Waals surface area contributed by atoms with Crippen molar-refractivity contribution < 1.29 is 0 Å². The molecule has 0 fully saturated rings. The molecule has 18 heavy (non-hydrogen) atoms. The van der Waals surface area contributed by atoms with Crippen molar-refractivity contribution in [1.82, 2.24) is 4.98 Å². The lowest BCUT2D eigenvalue weighted by Crippen LogP contribution is -2.76. The van der Waals surface area contributed by atoms with Crippen LogP contribution in [0, 0.1) is 0 Å². The molecule has 0 saturated heterocycles. The molecule has 0 amide bonds. The Morgan fingerprint density at radius 2 is 1.28 bits per heavy atom. The first-order valence-corrected chi connectivity index (χ1v) is 8.20. The Morgan fingerprint density at radius 3 is 1.67 bits per heavy atom. The Labute approximate surface area is 109 Å². The monoisotopic (exact) mass is 257 g/mol. The second-order valence-corrected chi connectivity index (χ2v) is 7.38. The van der Waals surface area contributed by atoms with E-state index in [1.54, 1.807) is 0 Å². The fraction of sp³-hybridized carbons (Fsp3) is 0.143. The molecule has 0 aliphatic rings. The van der Waals surface area contributed by atoms with E-state index in [1.807, 2.05) is 36.4 Å². The van der Waals surface area contributed by atoms with Crippen molar-refractivity contribution in [2.45, 2.75) is 0 Å². The maximum absolute atomic E-state index is 6.70. The van der Waals surface area contributed by atoms with Crippen LogP contribution in [0.1, 0.15) is 0 Å². The van der Waals surface area contributed by atoms with E-state index in [-0.39, 0.29) is 0 Å². The highest BCUT2D eigenvalue weighted by atomic mass is 28.3. The lowest BCUT2D eigenvalue weighted by molar-refractivity contribution is 0.880. The molecule has 5 N–H and O–H groups in total. The van der Waals surface area contributed by atoms with Crippen molar-refractivity contribution in [3.8, 4) is 0 Å². The average molecular weight is 257 g/mol. The predicted octanol–water partition coefficient (Wildman–Crippen LogP) is -0.250. The Bertz CT molecular complexity index is 433. The topological polar surface area (TPSA) is 64.1 Å². The van der Waals surface area contributed by atoms with Crippen LogP contribution >= 0.6 is 0 Å². The molecule has 0 spiro atoms. The van der Waals surface area contributed by atoms with Crippen molar-refractivity contribution in [1.29, 1.82) is 0 Å². The van der Waals surface area contributed by atoms with E-state index in [0.29, 0.717) is 6.54 Å². The van der Waals surface area contributed by atoms with Gasteiger partial charge in [-0.05, 0) is 10.4 Å². The van der Waals surface area contributed by atoms with Crippen LogP contribution in [0.15, 0.2) is 60.7 Å². The van der Waals surface area contributed by atoms with Crippen LogP contribution < -0.4 is 26.5 Å². The maximum Gasteiger partial charge on any atom is 0.264 e. The molecule has 2 aromatic carbocycles. The fourth-order valence-corrected chi connectivity index (χ4v) is 4.76. The highest BCUT2D eigenvalue weighted by molar-refractivity contribution is 6.98. The first-order valence-electron chi connectivity index (χ1n) is 6.12. The molecule has 0 heterocycles. The quantitative estimate of drug-likeness (QED) is 0.647. The Morgan fingerprint density at radius 1 is 0.833 bits per heavy atom. The van der Waals surface area contributed by atoms with Crippen LogP contribution in [-0.2, 0) is 0 Å². The molecule has 0 aliphatic heterocycles. The minimum absolute atomic E-state index is 0.589. The first kappa shape index (κ1) is 13.0. The van der Waals surface area contributed by atoms with Gasteiger partial charge in [0.25, 0.3) is 8.40 Å². The third-order valence-corrected chi connectivity index (χ3v) is 6.30. The van der Waals surface area contributed by atoms with Gasteiger partial charge >= 0.3 is 0 Å². The normalized spacial score (nSPS) is 11.4. The molecule has 0 aliphatic carbocycles. The number of hydrogen-bond acceptors (Lipinski definition) is 3. The molecule has 0 aromatic heterocycles. The number of hydrogen-bond donors (Lipinski definition) is 3. The van der Waals surface area contributed by atoms with Gasteiger partial charge in [-0.15, -0.1) is 0 Å². The van der Waals surface area contributed by atoms with E-state index in [4.69, 9.17) is 11.1 Å². The number of rotatable bonds is 5. The van der Waals surface area contributed by atoms with E-state index in [9.17, 15) is 0 Å². The smallest absolute Gasteiger partial charge is 0.264 e. The molecule has 4 heteroatoms. The molecule has 0 atom stereocenters. The molecule has 2 rings (SSSR count). The van der Waals surface area contributed by atoms with E-state index < -0.39 is 8.40 Å². The summed E-state index contributed by atoms with van der Waals surface area (Å²) in [5, 5.41) is 9.04. The second-order valence-electron chi connectivity index (χ2n) is 4.26. The third kappa shape index (κ3) is 2.68. The molecule has 0 bridgehead atoms. The number of benzene rings is 2. The predicted molar refractivity (Wildman–Crippen MR) is 79.2 cm³/mol. The van der Waals surface area contributed by atoms with Crippen molar-refractivity contribution in [3.05, 3.63) is 60.7 Å². The zero-order valence-corrected chi connectivity index (χ0v) is 11.3. The van der Waals surface area contributed by atoms with Crippen LogP contribution in [0.2, 0.25) is 0 Å². The lowest BCUT2D eigenvalue weighted by Gasteiger charge is -2.28. The van der Waals surface area contributed by atoms with Crippen molar-refractivity contribution in [3.63, 3.8) is 0 Å². The summed E-state index contributed by atoms with van der Waals surface area (Å²) < 4.78 is 0. The number of nitrogens with two attached hydrogens (primary N) is 2. The zero-order valence-electron chi connectivity index (χ0n) is 10.3. The minimum atomic E-state index is -2.35. The summed E-state index contributed by atoms with van der Waals surface area (Å²) >= 11 is 0. The summed E-state index contributed by atoms with van der Waals surface area (Å²) in [7, 11) is -2.35. The van der Waals surface area contributed by atoms with E-state index in [0.717, 1.165) is 6.54 Å². The van der Waals surface area contributed by atoms with Gasteiger partial charge in [-0.25, -0.2) is 0 Å². The molecule has 0 saturated carbocycles. The van der Waals surface area contributed by atoms with Crippen LogP contribution in [0.5, 0.6) is 0 Å². The summed E-state index contributed by atoms with van der Waals surface area (Å²) in [5.41, 5.74) is 5.60. The maximum atomic E-state index is 6.70. The van der Waals surface area contributed by atoms with Crippen LogP contribution in [-0.4, -0.2) is 21.5 Å². The molecule has 2 aromatic rings. The van der Waals surface area contributed by atoms with Gasteiger partial charge in [0.1, 0.15) is 0 Å². The van der Waals surface area contributed by atoms with E-state index >= 15 is 0 Å². The number of nitrogens with one attached hydrogen (secondary N) is 1. The largest absolute Gasteiger partial charge is 0.332 e. The van der Waals surface area contributed by atoms with Gasteiger partial charge in [0.05, 0.1) is 0 Å². The average Bonchev–Trinajstić information content (AvgIpc) is 2.46. The molecule has 0 unspecified atom stereocenters.